The van der Waals surface area contributed by atoms with Gasteiger partial charge < -0.3 is 28.4 Å². The van der Waals surface area contributed by atoms with Crippen LogP contribution in [0.2, 0.25) is 0 Å². The van der Waals surface area contributed by atoms with Crippen molar-refractivity contribution in [3.8, 4) is 0 Å². The summed E-state index contributed by atoms with van der Waals surface area (Å²) in [6, 6.07) is 33.6. The molecule has 0 fully saturated rings. The fraction of sp³-hybridized carbons (Fsp3) is 0.286. The third-order valence-corrected chi connectivity index (χ3v) is 9.12. The van der Waals surface area contributed by atoms with Gasteiger partial charge in [0, 0.05) is 34.9 Å². The van der Waals surface area contributed by atoms with Crippen molar-refractivity contribution in [3.63, 3.8) is 0 Å². The number of ether oxygens (including phenoxy) is 2. The van der Waals surface area contributed by atoms with Crippen LogP contribution in [0, 0.1) is 0 Å². The van der Waals surface area contributed by atoms with E-state index in [1.165, 1.54) is 0 Å². The van der Waals surface area contributed by atoms with Crippen LogP contribution in [0.15, 0.2) is 142 Å². The highest BCUT2D eigenvalue weighted by atomic mass is 32.3. The molecule has 2 aromatic heterocycles. The van der Waals surface area contributed by atoms with Gasteiger partial charge in [-0.15, -0.1) is 10.2 Å². The second kappa shape index (κ2) is 24.3. The SMILES string of the molecule is CCN(CCOC(=O)c1ccccc1)c1ccc(N=Nc2nc[n+](C)n2C)cc1.CCN(CCOC(=O)c1ccccc1)c1ccc(N=Nc2nc[n+](C)n2C)cc1.O=S(=O)([O-])[O-]. The lowest BCUT2D eigenvalue weighted by Crippen LogP contribution is -2.35. The number of benzene rings is 4. The van der Waals surface area contributed by atoms with E-state index in [9.17, 15) is 9.59 Å². The van der Waals surface area contributed by atoms with Gasteiger partial charge in [-0.2, -0.15) is 18.7 Å². The Morgan fingerprint density at radius 1 is 0.603 bits per heavy atom. The van der Waals surface area contributed by atoms with Crippen LogP contribution in [-0.2, 0) is 48.1 Å². The lowest BCUT2D eigenvalue weighted by molar-refractivity contribution is -0.751. The monoisotopic (exact) mass is 882 g/mol. The van der Waals surface area contributed by atoms with Crippen molar-refractivity contribution in [2.75, 3.05) is 49.2 Å². The smallest absolute Gasteiger partial charge is 0.394 e. The molecule has 6 rings (SSSR count). The van der Waals surface area contributed by atoms with E-state index in [1.54, 1.807) is 46.3 Å². The van der Waals surface area contributed by atoms with Crippen molar-refractivity contribution in [2.24, 2.45) is 48.6 Å². The highest BCUT2D eigenvalue weighted by molar-refractivity contribution is 7.79. The Hall–Kier alpha value is -7.23. The molecule has 0 aliphatic heterocycles. The Labute approximate surface area is 366 Å². The van der Waals surface area contributed by atoms with Crippen molar-refractivity contribution in [1.29, 1.82) is 0 Å². The van der Waals surface area contributed by atoms with Gasteiger partial charge in [0.05, 0.1) is 49.7 Å². The van der Waals surface area contributed by atoms with Crippen LogP contribution in [0.1, 0.15) is 34.6 Å². The van der Waals surface area contributed by atoms with Crippen molar-refractivity contribution in [2.45, 2.75) is 13.8 Å². The normalized spacial score (nSPS) is 11.0. The molecule has 6 aromatic rings. The molecule has 0 bridgehead atoms. The molecular formula is C42H50N12O8S. The zero-order valence-electron chi connectivity index (χ0n) is 35.8. The van der Waals surface area contributed by atoms with Gasteiger partial charge in [0.2, 0.25) is 0 Å². The standard InChI is InChI=1S/2C21H25N6O2.H2O4S/c2*1-4-27(14-15-29-20(28)17-8-6-5-7-9-17)19-12-10-18(11-13-19)23-24-21-22-16-25(2)26(21)3;1-5(2,3)4/h2*5-13,16H,4,14-15H2,1-3H3;(H2,1,2,3,4)/q2*+1;/p-2. The molecule has 0 aliphatic rings. The van der Waals surface area contributed by atoms with Crippen LogP contribution in [0.25, 0.3) is 0 Å². The third-order valence-electron chi connectivity index (χ3n) is 9.12. The number of carbonyl (C=O) groups excluding carboxylic acids is 2. The van der Waals surface area contributed by atoms with Crippen molar-refractivity contribution in [1.82, 2.24) is 19.3 Å². The molecule has 63 heavy (non-hydrogen) atoms. The van der Waals surface area contributed by atoms with E-state index in [1.807, 2.05) is 122 Å². The number of azo groups is 2. The van der Waals surface area contributed by atoms with Crippen molar-refractivity contribution in [3.05, 3.63) is 133 Å². The molecule has 0 radical (unpaired) electrons. The average Bonchev–Trinajstić information content (AvgIpc) is 3.79. The molecule has 0 atom stereocenters. The lowest BCUT2D eigenvalue weighted by atomic mass is 10.2. The molecule has 20 nitrogen and oxygen atoms in total. The van der Waals surface area contributed by atoms with Crippen molar-refractivity contribution < 1.29 is 45.9 Å². The molecule has 0 aliphatic carbocycles. The van der Waals surface area contributed by atoms with Gasteiger partial charge >= 0.3 is 36.5 Å². The van der Waals surface area contributed by atoms with Gasteiger partial charge in [-0.1, -0.05) is 46.6 Å². The number of aryl methyl sites for hydroxylation is 2. The topological polar surface area (TPSA) is 232 Å². The minimum absolute atomic E-state index is 0.305. The minimum Gasteiger partial charge on any atom is -0.759 e. The van der Waals surface area contributed by atoms with Gasteiger partial charge in [-0.3, -0.25) is 8.42 Å². The molecule has 0 saturated carbocycles. The number of hydrogen-bond donors (Lipinski definition) is 0. The number of hydrogen-bond acceptors (Lipinski definition) is 16. The number of aromatic nitrogens is 6. The van der Waals surface area contributed by atoms with E-state index in [4.69, 9.17) is 27.0 Å². The fourth-order valence-corrected chi connectivity index (χ4v) is 5.47. The highest BCUT2D eigenvalue weighted by Crippen LogP contribution is 2.23. The zero-order valence-corrected chi connectivity index (χ0v) is 36.6. The summed E-state index contributed by atoms with van der Waals surface area (Å²) in [4.78, 5) is 36.7. The van der Waals surface area contributed by atoms with E-state index >= 15 is 0 Å². The Morgan fingerprint density at radius 3 is 1.22 bits per heavy atom. The second-order valence-corrected chi connectivity index (χ2v) is 14.1. The Balaban J connectivity index is 0.000000250. The van der Waals surface area contributed by atoms with Crippen LogP contribution in [0.4, 0.5) is 34.6 Å². The van der Waals surface area contributed by atoms with Crippen LogP contribution in [0.3, 0.4) is 0 Å². The molecule has 21 heteroatoms. The quantitative estimate of drug-likeness (QED) is 0.0394. The largest absolute Gasteiger partial charge is 0.759 e. The van der Waals surface area contributed by atoms with E-state index in [0.717, 1.165) is 35.8 Å². The number of esters is 2. The Bertz CT molecular complexity index is 2350. The van der Waals surface area contributed by atoms with Gasteiger partial charge in [0.1, 0.15) is 27.3 Å². The average molecular weight is 883 g/mol. The van der Waals surface area contributed by atoms with Crippen molar-refractivity contribution >= 4 is 57.0 Å². The van der Waals surface area contributed by atoms with E-state index in [2.05, 4.69) is 54.1 Å². The molecular weight excluding hydrogens is 833 g/mol. The second-order valence-electron chi connectivity index (χ2n) is 13.3. The number of rotatable bonds is 16. The maximum Gasteiger partial charge on any atom is 0.394 e. The number of likely N-dealkylation sites (N-methyl/N-ethyl adjacent to an activating group) is 2. The molecule has 0 amide bonds. The van der Waals surface area contributed by atoms with Gasteiger partial charge in [-0.05, 0) is 96.6 Å². The van der Waals surface area contributed by atoms with Gasteiger partial charge in [0.25, 0.3) is 0 Å². The summed E-state index contributed by atoms with van der Waals surface area (Å²) in [6.07, 6.45) is 3.36. The summed E-state index contributed by atoms with van der Waals surface area (Å²) in [6.45, 7) is 7.58. The molecule has 0 N–H and O–H groups in total. The predicted octanol–water partition coefficient (Wildman–Crippen LogP) is 5.35. The summed E-state index contributed by atoms with van der Waals surface area (Å²) in [5.74, 6) is 0.458. The Morgan fingerprint density at radius 2 is 0.937 bits per heavy atom. The summed E-state index contributed by atoms with van der Waals surface area (Å²) >= 11 is 0. The maximum absolute atomic E-state index is 12.0. The first kappa shape index (κ1) is 48.4. The predicted molar refractivity (Wildman–Crippen MR) is 230 cm³/mol. The Kier molecular flexibility index (Phi) is 18.7. The fourth-order valence-electron chi connectivity index (χ4n) is 5.47. The molecule has 0 unspecified atom stereocenters. The number of anilines is 2. The molecule has 2 heterocycles. The summed E-state index contributed by atoms with van der Waals surface area (Å²) in [7, 11) is 2.34. The first-order chi connectivity index (χ1) is 30.2. The molecule has 0 spiro atoms. The zero-order chi connectivity index (χ0) is 45.8. The summed E-state index contributed by atoms with van der Waals surface area (Å²) in [5, 5.41) is 16.8. The minimum atomic E-state index is -5.17. The van der Waals surface area contributed by atoms with Crippen LogP contribution >= 0.6 is 0 Å². The van der Waals surface area contributed by atoms with E-state index < -0.39 is 10.4 Å². The van der Waals surface area contributed by atoms with Crippen LogP contribution in [0.5, 0.6) is 0 Å². The lowest BCUT2D eigenvalue weighted by Gasteiger charge is -2.22. The number of carbonyl (C=O) groups is 2. The van der Waals surface area contributed by atoms with E-state index in [0.29, 0.717) is 49.3 Å². The van der Waals surface area contributed by atoms with Gasteiger partial charge in [0.15, 0.2) is 0 Å². The third kappa shape index (κ3) is 16.3. The number of nitrogens with zero attached hydrogens (tertiary/aromatic N) is 12. The van der Waals surface area contributed by atoms with E-state index in [-0.39, 0.29) is 11.9 Å². The molecule has 332 valence electrons. The summed E-state index contributed by atoms with van der Waals surface area (Å²) in [5.41, 5.74) is 4.67. The molecule has 4 aromatic carbocycles. The highest BCUT2D eigenvalue weighted by Gasteiger charge is 2.13. The van der Waals surface area contributed by atoms with Gasteiger partial charge in [-0.25, -0.2) is 9.59 Å². The maximum atomic E-state index is 12.0. The first-order valence-electron chi connectivity index (χ1n) is 19.6. The van der Waals surface area contributed by atoms with Crippen LogP contribution < -0.4 is 19.2 Å². The summed E-state index contributed by atoms with van der Waals surface area (Å²) < 4.78 is 52.1. The van der Waals surface area contributed by atoms with Crippen LogP contribution in [-0.4, -0.2) is 88.2 Å². The first-order valence-corrected chi connectivity index (χ1v) is 20.9. The molecule has 0 saturated heterocycles.